The Kier molecular flexibility index (Phi) is 6.46. The van der Waals surface area contributed by atoms with Gasteiger partial charge in [-0.05, 0) is 55.3 Å². The molecule has 3 aromatic rings. The molecule has 0 amide bonds. The topological polar surface area (TPSA) is 118 Å². The molecule has 8 nitrogen and oxygen atoms in total. The number of fused-ring (bicyclic) bond motifs is 1. The Hall–Kier alpha value is -3.65. The molecule has 172 valence electrons. The van der Waals surface area contributed by atoms with Gasteiger partial charge in [0.25, 0.3) is 0 Å². The number of carbonyl (C=O) groups is 2. The Morgan fingerprint density at radius 3 is 2.42 bits per heavy atom. The van der Waals surface area contributed by atoms with E-state index < -0.39 is 23.4 Å². The average Bonchev–Trinajstić information content (AvgIpc) is 3.36. The monoisotopic (exact) mass is 471 g/mol. The molecule has 3 N–H and O–H groups in total. The maximum Gasteiger partial charge on any atom is 0.303 e. The number of rotatable bonds is 9. The van der Waals surface area contributed by atoms with E-state index in [2.05, 4.69) is 0 Å². The van der Waals surface area contributed by atoms with Crippen LogP contribution in [0.1, 0.15) is 41.6 Å². The van der Waals surface area contributed by atoms with Crippen molar-refractivity contribution in [3.05, 3.63) is 58.6 Å². The van der Waals surface area contributed by atoms with Crippen molar-refractivity contribution >= 4 is 23.4 Å². The number of hydrogen-bond acceptors (Lipinski definition) is 6. The minimum atomic E-state index is -0.867. The van der Waals surface area contributed by atoms with Crippen molar-refractivity contribution in [1.29, 1.82) is 0 Å². The fourth-order valence-corrected chi connectivity index (χ4v) is 3.96. The number of ether oxygens (including phenoxy) is 2. The fraction of sp³-hybridized carbons (Fsp3) is 0.250. The van der Waals surface area contributed by atoms with Crippen molar-refractivity contribution in [2.75, 3.05) is 6.79 Å². The maximum absolute atomic E-state index is 13.4. The zero-order valence-electron chi connectivity index (χ0n) is 17.6. The number of carboxylic acid groups (broad SMARTS) is 1. The van der Waals surface area contributed by atoms with Gasteiger partial charge in [-0.25, -0.2) is 0 Å². The van der Waals surface area contributed by atoms with E-state index in [0.29, 0.717) is 52.6 Å². The molecule has 0 atom stereocenters. The zero-order chi connectivity index (χ0) is 23.5. The first-order valence-electron chi connectivity index (χ1n) is 10.4. The third-order valence-electron chi connectivity index (χ3n) is 5.46. The minimum Gasteiger partial charge on any atom is -0.503 e. The normalized spacial score (nSPS) is 12.2. The van der Waals surface area contributed by atoms with Crippen LogP contribution in [0, 0.1) is 0 Å². The molecule has 0 bridgehead atoms. The standard InChI is InChI=1S/C24H22ClNO7/c25-16-8-5-14(6-9-16)22(29)20-21(15-7-10-17-18(12-15)33-13-32-17)26(24(31)23(20)30)11-3-1-2-4-19(27)28/h5-10,12,30-31H,1-4,11,13H2,(H,27,28). The number of nitrogens with zero attached hydrogens (tertiary/aromatic N) is 1. The largest absolute Gasteiger partial charge is 0.503 e. The second-order valence-electron chi connectivity index (χ2n) is 7.66. The Labute approximate surface area is 194 Å². The van der Waals surface area contributed by atoms with Crippen molar-refractivity contribution in [2.45, 2.75) is 32.2 Å². The summed E-state index contributed by atoms with van der Waals surface area (Å²) in [6.07, 6.45) is 1.68. The summed E-state index contributed by atoms with van der Waals surface area (Å²) >= 11 is 5.94. The van der Waals surface area contributed by atoms with Crippen molar-refractivity contribution in [3.8, 4) is 34.4 Å². The number of benzene rings is 2. The highest BCUT2D eigenvalue weighted by molar-refractivity contribution is 6.30. The smallest absolute Gasteiger partial charge is 0.303 e. The van der Waals surface area contributed by atoms with Crippen LogP contribution in [0.25, 0.3) is 11.3 Å². The molecular weight excluding hydrogens is 450 g/mol. The van der Waals surface area contributed by atoms with E-state index in [9.17, 15) is 19.8 Å². The molecule has 1 aromatic heterocycles. The van der Waals surface area contributed by atoms with Crippen LogP contribution in [-0.2, 0) is 11.3 Å². The lowest BCUT2D eigenvalue weighted by Crippen LogP contribution is -2.06. The zero-order valence-corrected chi connectivity index (χ0v) is 18.3. The number of aromatic nitrogens is 1. The fourth-order valence-electron chi connectivity index (χ4n) is 3.84. The molecule has 0 spiro atoms. The highest BCUT2D eigenvalue weighted by Gasteiger charge is 2.30. The number of aliphatic carboxylic acids is 1. The third-order valence-corrected chi connectivity index (χ3v) is 5.71. The van der Waals surface area contributed by atoms with Gasteiger partial charge in [0.2, 0.25) is 12.7 Å². The lowest BCUT2D eigenvalue weighted by Gasteiger charge is -2.12. The predicted octanol–water partition coefficient (Wildman–Crippen LogP) is 4.82. The molecule has 0 saturated heterocycles. The lowest BCUT2D eigenvalue weighted by molar-refractivity contribution is -0.137. The first kappa shape index (κ1) is 22.5. The van der Waals surface area contributed by atoms with E-state index >= 15 is 0 Å². The van der Waals surface area contributed by atoms with Crippen molar-refractivity contribution in [3.63, 3.8) is 0 Å². The number of carbonyl (C=O) groups excluding carboxylic acids is 1. The van der Waals surface area contributed by atoms with Gasteiger partial charge in [-0.15, -0.1) is 0 Å². The van der Waals surface area contributed by atoms with Gasteiger partial charge < -0.3 is 29.4 Å². The first-order valence-corrected chi connectivity index (χ1v) is 10.8. The van der Waals surface area contributed by atoms with Crippen LogP contribution in [0.4, 0.5) is 0 Å². The van der Waals surface area contributed by atoms with Crippen LogP contribution in [0.2, 0.25) is 5.02 Å². The van der Waals surface area contributed by atoms with Gasteiger partial charge >= 0.3 is 5.97 Å². The van der Waals surface area contributed by atoms with E-state index in [0.717, 1.165) is 0 Å². The molecular formula is C24H22ClNO7. The Morgan fingerprint density at radius 1 is 0.970 bits per heavy atom. The van der Waals surface area contributed by atoms with Gasteiger partial charge in [0.15, 0.2) is 23.0 Å². The second kappa shape index (κ2) is 9.46. The van der Waals surface area contributed by atoms with Gasteiger partial charge in [0.05, 0.1) is 11.3 Å². The molecule has 1 aliphatic rings. The van der Waals surface area contributed by atoms with Gasteiger partial charge in [0, 0.05) is 29.1 Å². The van der Waals surface area contributed by atoms with Crippen LogP contribution in [0.3, 0.4) is 0 Å². The van der Waals surface area contributed by atoms with E-state index in [-0.39, 0.29) is 25.3 Å². The molecule has 0 fully saturated rings. The number of halogens is 1. The molecule has 0 saturated carbocycles. The van der Waals surface area contributed by atoms with E-state index in [1.165, 1.54) is 4.57 Å². The molecule has 0 unspecified atom stereocenters. The van der Waals surface area contributed by atoms with Crippen LogP contribution in [-0.4, -0.2) is 38.4 Å². The van der Waals surface area contributed by atoms with Gasteiger partial charge in [0.1, 0.15) is 0 Å². The molecule has 1 aliphatic heterocycles. The predicted molar refractivity (Wildman–Crippen MR) is 120 cm³/mol. The Balaban J connectivity index is 1.76. The summed E-state index contributed by atoms with van der Waals surface area (Å²) < 4.78 is 12.3. The molecule has 33 heavy (non-hydrogen) atoms. The molecule has 0 radical (unpaired) electrons. The third kappa shape index (κ3) is 4.61. The van der Waals surface area contributed by atoms with Gasteiger partial charge in [-0.3, -0.25) is 9.59 Å². The number of unbranched alkanes of at least 4 members (excludes halogenated alkanes) is 2. The summed E-state index contributed by atoms with van der Waals surface area (Å²) in [6.45, 7) is 0.354. The van der Waals surface area contributed by atoms with E-state index in [1.807, 2.05) is 0 Å². The summed E-state index contributed by atoms with van der Waals surface area (Å²) in [7, 11) is 0. The summed E-state index contributed by atoms with van der Waals surface area (Å²) in [5.41, 5.74) is 1.15. The number of aromatic hydroxyl groups is 2. The maximum atomic E-state index is 13.4. The molecule has 2 heterocycles. The molecule has 9 heteroatoms. The van der Waals surface area contributed by atoms with E-state index in [1.54, 1.807) is 42.5 Å². The van der Waals surface area contributed by atoms with Crippen LogP contribution < -0.4 is 9.47 Å². The quantitative estimate of drug-likeness (QED) is 0.302. The van der Waals surface area contributed by atoms with E-state index in [4.69, 9.17) is 26.2 Å². The highest BCUT2D eigenvalue weighted by atomic mass is 35.5. The van der Waals surface area contributed by atoms with Crippen molar-refractivity contribution < 1.29 is 34.4 Å². The van der Waals surface area contributed by atoms with Gasteiger partial charge in [-0.2, -0.15) is 0 Å². The first-order chi connectivity index (χ1) is 15.9. The second-order valence-corrected chi connectivity index (χ2v) is 8.09. The number of carboxylic acids is 1. The van der Waals surface area contributed by atoms with Crippen molar-refractivity contribution in [2.24, 2.45) is 0 Å². The van der Waals surface area contributed by atoms with Crippen LogP contribution in [0.15, 0.2) is 42.5 Å². The molecule has 2 aromatic carbocycles. The number of hydrogen-bond donors (Lipinski definition) is 3. The SMILES string of the molecule is O=C(O)CCCCCn1c(O)c(O)c(C(=O)c2ccc(Cl)cc2)c1-c1ccc2c(c1)OCO2. The molecule has 4 rings (SSSR count). The number of ketones is 1. The summed E-state index contributed by atoms with van der Waals surface area (Å²) in [4.78, 5) is 24.1. The highest BCUT2D eigenvalue weighted by Crippen LogP contribution is 2.44. The average molecular weight is 472 g/mol. The Bertz CT molecular complexity index is 1200. The Morgan fingerprint density at radius 2 is 1.70 bits per heavy atom. The van der Waals surface area contributed by atoms with Crippen LogP contribution >= 0.6 is 11.6 Å². The van der Waals surface area contributed by atoms with Gasteiger partial charge in [-0.1, -0.05) is 18.0 Å². The molecule has 0 aliphatic carbocycles. The van der Waals surface area contributed by atoms with Crippen molar-refractivity contribution in [1.82, 2.24) is 4.57 Å². The lowest BCUT2D eigenvalue weighted by atomic mass is 9.99. The minimum absolute atomic E-state index is 0.0424. The summed E-state index contributed by atoms with van der Waals surface area (Å²) in [6, 6.07) is 11.4. The summed E-state index contributed by atoms with van der Waals surface area (Å²) in [5, 5.41) is 30.8. The van der Waals surface area contributed by atoms with Crippen LogP contribution in [0.5, 0.6) is 23.1 Å². The summed E-state index contributed by atoms with van der Waals surface area (Å²) in [5.74, 6) is -1.24.